The molecule has 3 heteroatoms. The molecule has 18 heavy (non-hydrogen) atoms. The molecule has 0 radical (unpaired) electrons. The quantitative estimate of drug-likeness (QED) is 0.771. The van der Waals surface area contributed by atoms with E-state index in [0.717, 1.165) is 18.7 Å². The van der Waals surface area contributed by atoms with E-state index in [4.69, 9.17) is 4.74 Å². The summed E-state index contributed by atoms with van der Waals surface area (Å²) in [4.78, 5) is 13.9. The zero-order chi connectivity index (χ0) is 14.1. The Morgan fingerprint density at radius 1 is 1.44 bits per heavy atom. The molecule has 2 unspecified atom stereocenters. The third-order valence-electron chi connectivity index (χ3n) is 4.23. The number of Topliss-reactive ketones (excluding diaryl/α,β-unsaturated/α-hetero) is 1. The van der Waals surface area contributed by atoms with Gasteiger partial charge < -0.3 is 9.64 Å². The number of carbonyl (C=O) groups excluding carboxylic acids is 1. The zero-order valence-electron chi connectivity index (χ0n) is 12.6. The molecule has 0 spiro atoms. The maximum atomic E-state index is 11.8. The van der Waals surface area contributed by atoms with Gasteiger partial charge in [-0.05, 0) is 12.3 Å². The van der Waals surface area contributed by atoms with Crippen LogP contribution in [0.15, 0.2) is 12.3 Å². The molecular weight excluding hydrogens is 226 g/mol. The van der Waals surface area contributed by atoms with E-state index in [-0.39, 0.29) is 23.3 Å². The predicted molar refractivity (Wildman–Crippen MR) is 74.3 cm³/mol. The van der Waals surface area contributed by atoms with E-state index >= 15 is 0 Å². The molecular formula is C15H27NO2. The van der Waals surface area contributed by atoms with Gasteiger partial charge in [-0.1, -0.05) is 34.3 Å². The van der Waals surface area contributed by atoms with E-state index in [1.807, 2.05) is 0 Å². The van der Waals surface area contributed by atoms with E-state index in [0.29, 0.717) is 5.92 Å². The fourth-order valence-corrected chi connectivity index (χ4v) is 2.42. The van der Waals surface area contributed by atoms with Crippen LogP contribution in [0.3, 0.4) is 0 Å². The SMILES string of the molecule is C=C(C(C)C(C)(C)C)N1C[C@H](OC)CC1C(C)=O. The van der Waals surface area contributed by atoms with Crippen molar-refractivity contribution >= 4 is 5.78 Å². The first-order valence-electron chi connectivity index (χ1n) is 6.67. The first-order valence-corrected chi connectivity index (χ1v) is 6.67. The van der Waals surface area contributed by atoms with Gasteiger partial charge in [0.1, 0.15) is 0 Å². The molecule has 3 atom stereocenters. The van der Waals surface area contributed by atoms with E-state index in [9.17, 15) is 4.79 Å². The lowest BCUT2D eigenvalue weighted by Gasteiger charge is -2.36. The second kappa shape index (κ2) is 5.43. The van der Waals surface area contributed by atoms with Gasteiger partial charge in [0.05, 0.1) is 12.1 Å². The number of likely N-dealkylation sites (tertiary alicyclic amines) is 1. The summed E-state index contributed by atoms with van der Waals surface area (Å²) < 4.78 is 5.40. The topological polar surface area (TPSA) is 29.5 Å². The first kappa shape index (κ1) is 15.2. The summed E-state index contributed by atoms with van der Waals surface area (Å²) in [6.07, 6.45) is 0.921. The second-order valence-electron chi connectivity index (χ2n) is 6.45. The number of rotatable bonds is 4. The van der Waals surface area contributed by atoms with Crippen molar-refractivity contribution < 1.29 is 9.53 Å². The molecule has 0 saturated carbocycles. The Morgan fingerprint density at radius 3 is 2.39 bits per heavy atom. The van der Waals surface area contributed by atoms with Crippen molar-refractivity contribution in [3.05, 3.63) is 12.3 Å². The zero-order valence-corrected chi connectivity index (χ0v) is 12.6. The van der Waals surface area contributed by atoms with Crippen molar-refractivity contribution in [2.24, 2.45) is 11.3 Å². The summed E-state index contributed by atoms with van der Waals surface area (Å²) in [7, 11) is 1.71. The predicted octanol–water partition coefficient (Wildman–Crippen LogP) is 2.86. The first-order chi connectivity index (χ1) is 8.18. The molecule has 0 aromatic rings. The molecule has 0 amide bonds. The minimum Gasteiger partial charge on any atom is -0.380 e. The monoisotopic (exact) mass is 253 g/mol. The maximum absolute atomic E-state index is 11.8. The summed E-state index contributed by atoms with van der Waals surface area (Å²) in [5, 5.41) is 0. The molecule has 0 bridgehead atoms. The minimum atomic E-state index is -0.0627. The van der Waals surface area contributed by atoms with E-state index in [1.54, 1.807) is 14.0 Å². The fraction of sp³-hybridized carbons (Fsp3) is 0.800. The molecule has 1 aliphatic heterocycles. The lowest BCUT2D eigenvalue weighted by atomic mass is 9.80. The summed E-state index contributed by atoms with van der Waals surface area (Å²) >= 11 is 0. The van der Waals surface area contributed by atoms with Gasteiger partial charge in [-0.15, -0.1) is 0 Å². The Balaban J connectivity index is 2.86. The number of nitrogens with zero attached hydrogens (tertiary/aromatic N) is 1. The smallest absolute Gasteiger partial charge is 0.152 e. The average Bonchev–Trinajstić information content (AvgIpc) is 2.69. The number of ketones is 1. The van der Waals surface area contributed by atoms with Crippen LogP contribution in [0.5, 0.6) is 0 Å². The van der Waals surface area contributed by atoms with E-state index < -0.39 is 0 Å². The molecule has 1 aliphatic rings. The fourth-order valence-electron chi connectivity index (χ4n) is 2.42. The molecule has 1 heterocycles. The number of ether oxygens (including phenoxy) is 1. The summed E-state index contributed by atoms with van der Waals surface area (Å²) in [5.74, 6) is 0.548. The molecule has 104 valence electrons. The van der Waals surface area contributed by atoms with Crippen molar-refractivity contribution in [2.45, 2.75) is 53.2 Å². The average molecular weight is 253 g/mol. The lowest BCUT2D eigenvalue weighted by Crippen LogP contribution is -2.38. The van der Waals surface area contributed by atoms with Gasteiger partial charge in [-0.3, -0.25) is 4.79 Å². The molecule has 1 rings (SSSR count). The van der Waals surface area contributed by atoms with Crippen LogP contribution in [0.2, 0.25) is 0 Å². The Kier molecular flexibility index (Phi) is 4.60. The molecule has 0 aromatic heterocycles. The Bertz CT molecular complexity index is 330. The van der Waals surface area contributed by atoms with Crippen molar-refractivity contribution in [2.75, 3.05) is 13.7 Å². The van der Waals surface area contributed by atoms with Gasteiger partial charge in [-0.2, -0.15) is 0 Å². The standard InChI is InChI=1S/C15H27NO2/c1-10(15(4,5)6)11(2)16-9-13(18-7)8-14(16)12(3)17/h10,13-14H,2,8-9H2,1,3-7H3/t10?,13-,14?/m1/s1. The molecule has 1 fully saturated rings. The lowest BCUT2D eigenvalue weighted by molar-refractivity contribution is -0.120. The van der Waals surface area contributed by atoms with Gasteiger partial charge in [0.25, 0.3) is 0 Å². The number of carbonyl (C=O) groups is 1. The van der Waals surface area contributed by atoms with Crippen LogP contribution < -0.4 is 0 Å². The van der Waals surface area contributed by atoms with Crippen molar-refractivity contribution in [1.29, 1.82) is 0 Å². The van der Waals surface area contributed by atoms with Gasteiger partial charge in [0, 0.05) is 31.7 Å². The molecule has 0 aliphatic carbocycles. The van der Waals surface area contributed by atoms with Gasteiger partial charge in [0.2, 0.25) is 0 Å². The van der Waals surface area contributed by atoms with Crippen LogP contribution in [0, 0.1) is 11.3 Å². The summed E-state index contributed by atoms with van der Waals surface area (Å²) in [6, 6.07) is -0.0627. The maximum Gasteiger partial charge on any atom is 0.152 e. The number of allylic oxidation sites excluding steroid dienone is 1. The van der Waals surface area contributed by atoms with Gasteiger partial charge >= 0.3 is 0 Å². The second-order valence-corrected chi connectivity index (χ2v) is 6.45. The highest BCUT2D eigenvalue weighted by molar-refractivity contribution is 5.82. The molecule has 0 aromatic carbocycles. The number of methoxy groups -OCH3 is 1. The Labute approximate surface area is 111 Å². The van der Waals surface area contributed by atoms with E-state index in [2.05, 4.69) is 39.2 Å². The largest absolute Gasteiger partial charge is 0.380 e. The molecule has 1 saturated heterocycles. The van der Waals surface area contributed by atoms with Crippen LogP contribution in [-0.4, -0.2) is 36.5 Å². The number of hydrogen-bond donors (Lipinski definition) is 0. The van der Waals surface area contributed by atoms with Crippen LogP contribution in [0.4, 0.5) is 0 Å². The highest BCUT2D eigenvalue weighted by Crippen LogP contribution is 2.36. The van der Waals surface area contributed by atoms with Crippen molar-refractivity contribution in [3.63, 3.8) is 0 Å². The number of hydrogen-bond acceptors (Lipinski definition) is 3. The van der Waals surface area contributed by atoms with Gasteiger partial charge in [-0.25, -0.2) is 0 Å². The van der Waals surface area contributed by atoms with Crippen LogP contribution in [-0.2, 0) is 9.53 Å². The van der Waals surface area contributed by atoms with Gasteiger partial charge in [0.15, 0.2) is 5.78 Å². The Hall–Kier alpha value is -0.830. The highest BCUT2D eigenvalue weighted by Gasteiger charge is 2.38. The third-order valence-corrected chi connectivity index (χ3v) is 4.23. The van der Waals surface area contributed by atoms with Crippen molar-refractivity contribution in [3.8, 4) is 0 Å². The Morgan fingerprint density at radius 2 is 2.00 bits per heavy atom. The van der Waals surface area contributed by atoms with Crippen LogP contribution >= 0.6 is 0 Å². The summed E-state index contributed by atoms with van der Waals surface area (Å²) in [6.45, 7) is 15.4. The normalized spacial score (nSPS) is 26.2. The van der Waals surface area contributed by atoms with Crippen molar-refractivity contribution in [1.82, 2.24) is 4.90 Å². The minimum absolute atomic E-state index is 0.0627. The van der Waals surface area contributed by atoms with E-state index in [1.165, 1.54) is 0 Å². The molecule has 3 nitrogen and oxygen atoms in total. The molecule has 0 N–H and O–H groups in total. The summed E-state index contributed by atoms with van der Waals surface area (Å²) in [5.41, 5.74) is 1.21. The highest BCUT2D eigenvalue weighted by atomic mass is 16.5. The van der Waals surface area contributed by atoms with Crippen LogP contribution in [0.1, 0.15) is 41.0 Å². The van der Waals surface area contributed by atoms with Crippen LogP contribution in [0.25, 0.3) is 0 Å². The third kappa shape index (κ3) is 3.14.